The van der Waals surface area contributed by atoms with Crippen LogP contribution in [0.25, 0.3) is 11.3 Å². The Bertz CT molecular complexity index is 1200. The first-order chi connectivity index (χ1) is 14.3. The van der Waals surface area contributed by atoms with E-state index < -0.39 is 15.8 Å². The number of rotatable bonds is 4. The molecule has 2 heterocycles. The van der Waals surface area contributed by atoms with Crippen LogP contribution in [0.2, 0.25) is 10.0 Å². The highest BCUT2D eigenvalue weighted by Gasteiger charge is 2.31. The number of nitrogens with zero attached hydrogens (tertiary/aromatic N) is 3. The first kappa shape index (κ1) is 22.0. The topological polar surface area (TPSA) is 53.5 Å². The lowest BCUT2D eigenvalue weighted by Gasteiger charge is -2.33. The number of hydrogen-bond donors (Lipinski definition) is 0. The highest BCUT2D eigenvalue weighted by molar-refractivity contribution is 9.10. The Morgan fingerprint density at radius 1 is 1.03 bits per heavy atom. The number of anilines is 1. The fourth-order valence-corrected chi connectivity index (χ4v) is 6.58. The van der Waals surface area contributed by atoms with Crippen molar-refractivity contribution in [1.82, 2.24) is 9.29 Å². The third-order valence-corrected chi connectivity index (χ3v) is 8.81. The Morgan fingerprint density at radius 2 is 1.77 bits per heavy atom. The van der Waals surface area contributed by atoms with Gasteiger partial charge in [0.2, 0.25) is 10.0 Å². The maximum atomic E-state index is 13.7. The maximum absolute atomic E-state index is 13.7. The van der Waals surface area contributed by atoms with Crippen LogP contribution in [0.5, 0.6) is 0 Å². The zero-order valence-electron chi connectivity index (χ0n) is 15.4. The summed E-state index contributed by atoms with van der Waals surface area (Å²) < 4.78 is 41.8. The molecule has 0 atom stereocenters. The van der Waals surface area contributed by atoms with Gasteiger partial charge in [-0.15, -0.1) is 11.3 Å². The van der Waals surface area contributed by atoms with Crippen LogP contribution in [0.1, 0.15) is 0 Å². The molecule has 158 valence electrons. The van der Waals surface area contributed by atoms with Crippen molar-refractivity contribution in [3.63, 3.8) is 0 Å². The van der Waals surface area contributed by atoms with Gasteiger partial charge in [-0.2, -0.15) is 4.31 Å². The number of halogens is 4. The average molecular weight is 551 g/mol. The van der Waals surface area contributed by atoms with Gasteiger partial charge in [0.15, 0.2) is 5.13 Å². The van der Waals surface area contributed by atoms with Crippen LogP contribution in [0, 0.1) is 5.82 Å². The van der Waals surface area contributed by atoms with Crippen LogP contribution >= 0.6 is 50.5 Å². The summed E-state index contributed by atoms with van der Waals surface area (Å²) in [6, 6.07) is 9.31. The second kappa shape index (κ2) is 8.72. The molecule has 1 fully saturated rings. The molecule has 1 aromatic heterocycles. The van der Waals surface area contributed by atoms with Gasteiger partial charge in [-0.05, 0) is 30.3 Å². The van der Waals surface area contributed by atoms with E-state index in [4.69, 9.17) is 23.2 Å². The monoisotopic (exact) mass is 549 g/mol. The Morgan fingerprint density at radius 3 is 2.43 bits per heavy atom. The molecule has 0 radical (unpaired) electrons. The van der Waals surface area contributed by atoms with Crippen molar-refractivity contribution >= 4 is 65.6 Å². The quantitative estimate of drug-likeness (QED) is 0.428. The van der Waals surface area contributed by atoms with Crippen LogP contribution in [0.4, 0.5) is 9.52 Å². The number of hydrogen-bond acceptors (Lipinski definition) is 5. The van der Waals surface area contributed by atoms with Gasteiger partial charge in [0, 0.05) is 41.6 Å². The van der Waals surface area contributed by atoms with E-state index in [2.05, 4.69) is 20.9 Å². The van der Waals surface area contributed by atoms with Gasteiger partial charge in [-0.3, -0.25) is 0 Å². The Balaban J connectivity index is 1.47. The molecule has 4 rings (SSSR count). The Labute approximate surface area is 196 Å². The van der Waals surface area contributed by atoms with Gasteiger partial charge in [0.05, 0.1) is 15.7 Å². The molecule has 0 saturated carbocycles. The summed E-state index contributed by atoms with van der Waals surface area (Å²) in [5.41, 5.74) is 1.30. The maximum Gasteiger partial charge on any atom is 0.244 e. The number of thiazole rings is 1. The Kier molecular flexibility index (Phi) is 6.39. The minimum absolute atomic E-state index is 0.0670. The van der Waals surface area contributed by atoms with E-state index in [1.807, 2.05) is 10.3 Å². The molecule has 1 aliphatic rings. The second-order valence-corrected chi connectivity index (χ2v) is 11.1. The molecule has 11 heteroatoms. The van der Waals surface area contributed by atoms with Gasteiger partial charge in [-0.1, -0.05) is 45.2 Å². The predicted octanol–water partition coefficient (Wildman–Crippen LogP) is 5.53. The van der Waals surface area contributed by atoms with E-state index in [9.17, 15) is 12.8 Å². The minimum Gasteiger partial charge on any atom is -0.345 e. The summed E-state index contributed by atoms with van der Waals surface area (Å²) in [6.45, 7) is 1.63. The lowest BCUT2D eigenvalue weighted by molar-refractivity contribution is 0.385. The molecule has 2 aromatic carbocycles. The average Bonchev–Trinajstić information content (AvgIpc) is 3.20. The molecule has 0 amide bonds. The number of aromatic nitrogens is 1. The van der Waals surface area contributed by atoms with Crippen molar-refractivity contribution in [2.75, 3.05) is 31.1 Å². The molecule has 0 spiro atoms. The van der Waals surface area contributed by atoms with E-state index in [1.54, 1.807) is 18.2 Å². The number of piperazine rings is 1. The van der Waals surface area contributed by atoms with Crippen LogP contribution in [-0.2, 0) is 10.0 Å². The van der Waals surface area contributed by atoms with Gasteiger partial charge >= 0.3 is 0 Å². The molecule has 1 aliphatic heterocycles. The van der Waals surface area contributed by atoms with Crippen LogP contribution in [0.15, 0.2) is 51.1 Å². The largest absolute Gasteiger partial charge is 0.345 e. The first-order valence-corrected chi connectivity index (χ1v) is 12.7. The molecule has 0 bridgehead atoms. The molecular weight excluding hydrogens is 536 g/mol. The number of sulfonamides is 1. The van der Waals surface area contributed by atoms with E-state index in [-0.39, 0.29) is 14.9 Å². The third kappa shape index (κ3) is 4.37. The fourth-order valence-electron chi connectivity index (χ4n) is 3.14. The zero-order valence-corrected chi connectivity index (χ0v) is 20.1. The van der Waals surface area contributed by atoms with E-state index in [1.165, 1.54) is 33.8 Å². The van der Waals surface area contributed by atoms with Crippen LogP contribution in [0.3, 0.4) is 0 Å². The lowest BCUT2D eigenvalue weighted by Crippen LogP contribution is -2.48. The summed E-state index contributed by atoms with van der Waals surface area (Å²) in [5, 5.41) is 2.87. The second-order valence-electron chi connectivity index (χ2n) is 6.61. The summed E-state index contributed by atoms with van der Waals surface area (Å²) in [6.07, 6.45) is 0. The molecular formula is C19H15BrCl2FN3O2S2. The summed E-state index contributed by atoms with van der Waals surface area (Å²) >= 11 is 16.6. The smallest absolute Gasteiger partial charge is 0.244 e. The highest BCUT2D eigenvalue weighted by atomic mass is 79.9. The fraction of sp³-hybridized carbons (Fsp3) is 0.211. The molecule has 30 heavy (non-hydrogen) atoms. The van der Waals surface area contributed by atoms with Crippen LogP contribution < -0.4 is 4.90 Å². The van der Waals surface area contributed by atoms with Crippen LogP contribution in [-0.4, -0.2) is 43.9 Å². The standard InChI is InChI=1S/C19H15BrCl2FN3O2S2/c20-13-2-4-18(15(22)10-13)30(27,28)26-7-5-25(6-8-26)19-24-17(11-29-19)12-1-3-14(21)16(23)9-12/h1-4,9-11H,5-8H2. The summed E-state index contributed by atoms with van der Waals surface area (Å²) in [5.74, 6) is -0.492. The summed E-state index contributed by atoms with van der Waals surface area (Å²) in [7, 11) is -3.68. The van der Waals surface area contributed by atoms with Crippen molar-refractivity contribution in [2.24, 2.45) is 0 Å². The Hall–Kier alpha value is -1.23. The van der Waals surface area contributed by atoms with Crippen molar-refractivity contribution in [3.8, 4) is 11.3 Å². The van der Waals surface area contributed by atoms with E-state index in [0.29, 0.717) is 37.4 Å². The van der Waals surface area contributed by atoms with Gasteiger partial charge in [-0.25, -0.2) is 17.8 Å². The van der Waals surface area contributed by atoms with Gasteiger partial charge in [0.1, 0.15) is 10.7 Å². The number of benzene rings is 2. The van der Waals surface area contributed by atoms with Gasteiger partial charge < -0.3 is 4.90 Å². The minimum atomic E-state index is -3.68. The highest BCUT2D eigenvalue weighted by Crippen LogP contribution is 2.32. The SMILES string of the molecule is O=S(=O)(c1ccc(Br)cc1Cl)N1CCN(c2nc(-c3ccc(Cl)c(F)c3)cs2)CC1. The summed E-state index contributed by atoms with van der Waals surface area (Å²) in [4.78, 5) is 6.71. The molecule has 5 nitrogen and oxygen atoms in total. The first-order valence-electron chi connectivity index (χ1n) is 8.87. The normalized spacial score (nSPS) is 15.5. The lowest BCUT2D eigenvalue weighted by atomic mass is 10.2. The van der Waals surface area contributed by atoms with E-state index in [0.717, 1.165) is 9.60 Å². The predicted molar refractivity (Wildman–Crippen MR) is 123 cm³/mol. The molecule has 3 aromatic rings. The van der Waals surface area contributed by atoms with E-state index >= 15 is 0 Å². The van der Waals surface area contributed by atoms with Gasteiger partial charge in [0.25, 0.3) is 0 Å². The van der Waals surface area contributed by atoms with Crippen molar-refractivity contribution in [2.45, 2.75) is 4.90 Å². The molecule has 0 N–H and O–H groups in total. The molecule has 1 saturated heterocycles. The molecule has 0 aliphatic carbocycles. The van der Waals surface area contributed by atoms with Crippen molar-refractivity contribution < 1.29 is 12.8 Å². The van der Waals surface area contributed by atoms with Crippen molar-refractivity contribution in [3.05, 3.63) is 62.1 Å². The zero-order chi connectivity index (χ0) is 21.5. The van der Waals surface area contributed by atoms with Crippen molar-refractivity contribution in [1.29, 1.82) is 0 Å². The molecule has 0 unspecified atom stereocenters. The third-order valence-electron chi connectivity index (χ3n) is 4.73.